The molecule has 1 aromatic rings. The van der Waals surface area contributed by atoms with Crippen molar-refractivity contribution in [1.82, 2.24) is 10.2 Å². The predicted octanol–water partition coefficient (Wildman–Crippen LogP) is 1.46. The third kappa shape index (κ3) is 4.99. The fraction of sp³-hybridized carbons (Fsp3) is 0.562. The van der Waals surface area contributed by atoms with E-state index in [1.165, 1.54) is 6.07 Å². The van der Waals surface area contributed by atoms with Crippen LogP contribution in [0.5, 0.6) is 0 Å². The number of rotatable bonds is 6. The van der Waals surface area contributed by atoms with Crippen molar-refractivity contribution in [2.45, 2.75) is 24.7 Å². The summed E-state index contributed by atoms with van der Waals surface area (Å²) in [5.74, 6) is 0.135. The molecular formula is C16H23N3O5S. The number of nitro benzene ring substituents is 1. The van der Waals surface area contributed by atoms with Gasteiger partial charge in [-0.05, 0) is 37.9 Å². The molecule has 1 saturated heterocycles. The van der Waals surface area contributed by atoms with Crippen LogP contribution in [0.15, 0.2) is 23.1 Å². The lowest BCUT2D eigenvalue weighted by Crippen LogP contribution is -2.40. The maximum Gasteiger partial charge on any atom is 0.271 e. The van der Waals surface area contributed by atoms with Crippen molar-refractivity contribution in [3.63, 3.8) is 0 Å². The molecular weight excluding hydrogens is 346 g/mol. The molecule has 1 heterocycles. The van der Waals surface area contributed by atoms with Crippen LogP contribution in [-0.2, 0) is 9.84 Å². The number of sulfone groups is 1. The predicted molar refractivity (Wildman–Crippen MR) is 93.4 cm³/mol. The molecule has 8 nitrogen and oxygen atoms in total. The molecule has 1 fully saturated rings. The van der Waals surface area contributed by atoms with Gasteiger partial charge in [-0.15, -0.1) is 0 Å². The Labute approximate surface area is 147 Å². The standard InChI is InChI=1S/C16H23N3O5S/c1-3-17-11-12-4-6-18(7-5-12)16(20)13-8-14(19(21)22)10-15(9-13)25(2,23)24/h8-10,12,17H,3-7,11H2,1-2H3. The van der Waals surface area contributed by atoms with Gasteiger partial charge in [0.1, 0.15) is 0 Å². The first-order chi connectivity index (χ1) is 11.7. The van der Waals surface area contributed by atoms with Gasteiger partial charge in [0, 0.05) is 37.0 Å². The summed E-state index contributed by atoms with van der Waals surface area (Å²) < 4.78 is 23.5. The van der Waals surface area contributed by atoms with Crippen molar-refractivity contribution in [3.05, 3.63) is 33.9 Å². The van der Waals surface area contributed by atoms with Crippen molar-refractivity contribution in [2.75, 3.05) is 32.4 Å². The van der Waals surface area contributed by atoms with Gasteiger partial charge in [0.05, 0.1) is 9.82 Å². The molecule has 1 amide bonds. The number of non-ortho nitro benzene ring substituents is 1. The lowest BCUT2D eigenvalue weighted by Gasteiger charge is -2.32. The fourth-order valence-electron chi connectivity index (χ4n) is 2.90. The summed E-state index contributed by atoms with van der Waals surface area (Å²) in [6.07, 6.45) is 2.67. The van der Waals surface area contributed by atoms with E-state index in [4.69, 9.17) is 0 Å². The molecule has 0 atom stereocenters. The van der Waals surface area contributed by atoms with Gasteiger partial charge in [-0.25, -0.2) is 8.42 Å². The molecule has 1 aliphatic rings. The molecule has 2 rings (SSSR count). The van der Waals surface area contributed by atoms with Crippen LogP contribution in [0.3, 0.4) is 0 Å². The Balaban J connectivity index is 2.19. The van der Waals surface area contributed by atoms with Crippen molar-refractivity contribution in [1.29, 1.82) is 0 Å². The monoisotopic (exact) mass is 369 g/mol. The highest BCUT2D eigenvalue weighted by Crippen LogP contribution is 2.24. The van der Waals surface area contributed by atoms with Gasteiger partial charge in [-0.1, -0.05) is 6.92 Å². The number of likely N-dealkylation sites (tertiary alicyclic amines) is 1. The molecule has 0 aliphatic carbocycles. The summed E-state index contributed by atoms with van der Waals surface area (Å²) in [4.78, 5) is 24.5. The highest BCUT2D eigenvalue weighted by molar-refractivity contribution is 7.90. The van der Waals surface area contributed by atoms with Crippen LogP contribution in [0.25, 0.3) is 0 Å². The van der Waals surface area contributed by atoms with E-state index in [2.05, 4.69) is 5.32 Å². The fourth-order valence-corrected chi connectivity index (χ4v) is 3.57. The minimum absolute atomic E-state index is 0.0414. The third-order valence-corrected chi connectivity index (χ3v) is 5.45. The van der Waals surface area contributed by atoms with E-state index in [9.17, 15) is 23.3 Å². The summed E-state index contributed by atoms with van der Waals surface area (Å²) >= 11 is 0. The molecule has 0 saturated carbocycles. The van der Waals surface area contributed by atoms with E-state index in [1.807, 2.05) is 6.92 Å². The molecule has 25 heavy (non-hydrogen) atoms. The number of carbonyl (C=O) groups is 1. The lowest BCUT2D eigenvalue weighted by atomic mass is 9.96. The molecule has 0 spiro atoms. The van der Waals surface area contributed by atoms with Gasteiger partial charge in [0.15, 0.2) is 9.84 Å². The van der Waals surface area contributed by atoms with Crippen LogP contribution >= 0.6 is 0 Å². The van der Waals surface area contributed by atoms with Crippen LogP contribution in [0, 0.1) is 16.0 Å². The van der Waals surface area contributed by atoms with E-state index >= 15 is 0 Å². The number of nitrogens with zero attached hydrogens (tertiary/aromatic N) is 2. The SMILES string of the molecule is CCNCC1CCN(C(=O)c2cc([N+](=O)[O-])cc(S(C)(=O)=O)c2)CC1. The zero-order valence-corrected chi connectivity index (χ0v) is 15.2. The Hall–Kier alpha value is -2.00. The van der Waals surface area contributed by atoms with Gasteiger partial charge in [-0.2, -0.15) is 0 Å². The minimum Gasteiger partial charge on any atom is -0.339 e. The van der Waals surface area contributed by atoms with Gasteiger partial charge in [0.25, 0.3) is 11.6 Å². The van der Waals surface area contributed by atoms with Crippen molar-refractivity contribution < 1.29 is 18.1 Å². The van der Waals surface area contributed by atoms with Crippen LogP contribution in [0.1, 0.15) is 30.1 Å². The second-order valence-electron chi connectivity index (χ2n) is 6.29. The number of hydrogen-bond acceptors (Lipinski definition) is 6. The summed E-state index contributed by atoms with van der Waals surface area (Å²) in [6.45, 7) is 4.98. The topological polar surface area (TPSA) is 110 Å². The molecule has 1 aliphatic heterocycles. The second-order valence-corrected chi connectivity index (χ2v) is 8.30. The number of benzene rings is 1. The largest absolute Gasteiger partial charge is 0.339 e. The number of hydrogen-bond donors (Lipinski definition) is 1. The molecule has 1 N–H and O–H groups in total. The number of piperidine rings is 1. The summed E-state index contributed by atoms with van der Waals surface area (Å²) in [7, 11) is -3.65. The van der Waals surface area contributed by atoms with E-state index in [1.54, 1.807) is 4.90 Å². The first kappa shape index (κ1) is 19.3. The third-order valence-electron chi connectivity index (χ3n) is 4.36. The molecule has 0 bridgehead atoms. The Bertz CT molecular complexity index is 755. The quantitative estimate of drug-likeness (QED) is 0.600. The first-order valence-corrected chi connectivity index (χ1v) is 10.1. The molecule has 9 heteroatoms. The normalized spacial score (nSPS) is 16.0. The molecule has 0 radical (unpaired) electrons. The average Bonchev–Trinajstić information content (AvgIpc) is 2.58. The van der Waals surface area contributed by atoms with Crippen molar-refractivity contribution in [3.8, 4) is 0 Å². The number of amides is 1. The Morgan fingerprint density at radius 3 is 2.48 bits per heavy atom. The van der Waals surface area contributed by atoms with Crippen LogP contribution in [0.4, 0.5) is 5.69 Å². The summed E-state index contributed by atoms with van der Waals surface area (Å²) in [6, 6.07) is 3.34. The second kappa shape index (κ2) is 7.92. The highest BCUT2D eigenvalue weighted by Gasteiger charge is 2.26. The maximum atomic E-state index is 12.7. The molecule has 138 valence electrons. The maximum absolute atomic E-state index is 12.7. The van der Waals surface area contributed by atoms with Gasteiger partial charge in [0.2, 0.25) is 0 Å². The van der Waals surface area contributed by atoms with Gasteiger partial charge >= 0.3 is 0 Å². The number of nitro groups is 1. The van der Waals surface area contributed by atoms with Crippen LogP contribution < -0.4 is 5.32 Å². The van der Waals surface area contributed by atoms with E-state index in [0.717, 1.165) is 44.3 Å². The Kier molecular flexibility index (Phi) is 6.12. The van der Waals surface area contributed by atoms with Crippen molar-refractivity contribution >= 4 is 21.4 Å². The molecule has 0 unspecified atom stereocenters. The molecule has 1 aromatic carbocycles. The minimum atomic E-state index is -3.65. The Morgan fingerprint density at radius 2 is 1.96 bits per heavy atom. The number of carbonyl (C=O) groups excluding carboxylic acids is 1. The lowest BCUT2D eigenvalue weighted by molar-refractivity contribution is -0.385. The van der Waals surface area contributed by atoms with E-state index < -0.39 is 20.4 Å². The van der Waals surface area contributed by atoms with Gasteiger partial charge in [-0.3, -0.25) is 14.9 Å². The molecule has 0 aromatic heterocycles. The highest BCUT2D eigenvalue weighted by atomic mass is 32.2. The first-order valence-electron chi connectivity index (χ1n) is 8.22. The van der Waals surface area contributed by atoms with Gasteiger partial charge < -0.3 is 10.2 Å². The van der Waals surface area contributed by atoms with E-state index in [0.29, 0.717) is 19.0 Å². The van der Waals surface area contributed by atoms with Crippen LogP contribution in [-0.4, -0.2) is 56.6 Å². The van der Waals surface area contributed by atoms with E-state index in [-0.39, 0.29) is 16.4 Å². The Morgan fingerprint density at radius 1 is 1.32 bits per heavy atom. The van der Waals surface area contributed by atoms with Crippen LogP contribution in [0.2, 0.25) is 0 Å². The van der Waals surface area contributed by atoms with Crippen molar-refractivity contribution in [2.24, 2.45) is 5.92 Å². The smallest absolute Gasteiger partial charge is 0.271 e. The zero-order valence-electron chi connectivity index (χ0n) is 14.4. The number of nitrogens with one attached hydrogen (secondary N) is 1. The summed E-state index contributed by atoms with van der Waals surface area (Å²) in [5, 5.41) is 14.3. The summed E-state index contributed by atoms with van der Waals surface area (Å²) in [5.41, 5.74) is -0.354. The average molecular weight is 369 g/mol. The zero-order chi connectivity index (χ0) is 18.6.